The molecule has 7 rings (SSSR count). The van der Waals surface area contributed by atoms with Crippen LogP contribution in [-0.4, -0.2) is 89.4 Å². The number of likely N-dealkylation sites (tertiary alicyclic amines) is 1. The largest absolute Gasteiger partial charge is 0.465 e. The lowest BCUT2D eigenvalue weighted by molar-refractivity contribution is -0.197. The molecule has 1 aromatic heterocycles. The Hall–Kier alpha value is -2.58. The highest BCUT2D eigenvalue weighted by Crippen LogP contribution is 2.43. The van der Waals surface area contributed by atoms with Gasteiger partial charge in [-0.1, -0.05) is 30.3 Å². The van der Waals surface area contributed by atoms with Gasteiger partial charge in [-0.25, -0.2) is 14.8 Å². The molecule has 3 aromatic rings. The van der Waals surface area contributed by atoms with Crippen LogP contribution in [0, 0.1) is 3.57 Å². The molecule has 0 radical (unpaired) electrons. The van der Waals surface area contributed by atoms with Crippen molar-refractivity contribution in [2.75, 3.05) is 44.3 Å². The van der Waals surface area contributed by atoms with Gasteiger partial charge >= 0.3 is 6.09 Å². The molecule has 1 saturated carbocycles. The van der Waals surface area contributed by atoms with Crippen molar-refractivity contribution in [1.29, 1.82) is 0 Å². The van der Waals surface area contributed by atoms with Crippen molar-refractivity contribution in [3.63, 3.8) is 0 Å². The molecule has 1 amide bonds. The van der Waals surface area contributed by atoms with Crippen LogP contribution in [0.25, 0.3) is 10.9 Å². The predicted molar refractivity (Wildman–Crippen MR) is 189 cm³/mol. The zero-order valence-electron chi connectivity index (χ0n) is 27.2. The highest BCUT2D eigenvalue weighted by Gasteiger charge is 2.45. The van der Waals surface area contributed by atoms with Crippen LogP contribution in [0.3, 0.4) is 0 Å². The van der Waals surface area contributed by atoms with Crippen LogP contribution in [0.4, 0.5) is 10.7 Å². The lowest BCUT2D eigenvalue weighted by Gasteiger charge is -2.45. The van der Waals surface area contributed by atoms with Crippen LogP contribution in [0.1, 0.15) is 76.0 Å². The molecule has 2 aromatic carbocycles. The van der Waals surface area contributed by atoms with Crippen molar-refractivity contribution in [3.8, 4) is 0 Å². The van der Waals surface area contributed by atoms with Gasteiger partial charge in [0.1, 0.15) is 0 Å². The quantitative estimate of drug-likeness (QED) is 0.231. The van der Waals surface area contributed by atoms with E-state index < -0.39 is 11.7 Å². The lowest BCUT2D eigenvalue weighted by Crippen LogP contribution is -2.56. The van der Waals surface area contributed by atoms with Gasteiger partial charge in [0, 0.05) is 53.3 Å². The van der Waals surface area contributed by atoms with Crippen LogP contribution in [0.5, 0.6) is 0 Å². The maximum absolute atomic E-state index is 11.3. The van der Waals surface area contributed by atoms with Gasteiger partial charge in [-0.2, -0.15) is 0 Å². The zero-order valence-corrected chi connectivity index (χ0v) is 29.4. The second-order valence-corrected chi connectivity index (χ2v) is 15.1. The molecule has 0 spiro atoms. The monoisotopic (exact) mass is 755 g/mol. The summed E-state index contributed by atoms with van der Waals surface area (Å²) in [5, 5.41) is 13.0. The molecule has 0 bridgehead atoms. The highest BCUT2D eigenvalue weighted by molar-refractivity contribution is 14.1. The van der Waals surface area contributed by atoms with E-state index in [1.54, 1.807) is 0 Å². The van der Waals surface area contributed by atoms with Crippen molar-refractivity contribution in [2.45, 2.75) is 94.3 Å². The number of benzene rings is 2. The Kier molecular flexibility index (Phi) is 9.89. The highest BCUT2D eigenvalue weighted by atomic mass is 127. The number of nitrogens with one attached hydrogen (secondary N) is 1. The fourth-order valence-electron chi connectivity index (χ4n) is 7.41. The van der Waals surface area contributed by atoms with Crippen LogP contribution in [0.15, 0.2) is 48.5 Å². The van der Waals surface area contributed by atoms with Crippen molar-refractivity contribution < 1.29 is 24.1 Å². The van der Waals surface area contributed by atoms with E-state index in [1.165, 1.54) is 0 Å². The number of anilines is 1. The van der Waals surface area contributed by atoms with Gasteiger partial charge in [0.2, 0.25) is 5.95 Å². The van der Waals surface area contributed by atoms with Crippen LogP contribution < -0.4 is 10.2 Å². The van der Waals surface area contributed by atoms with Gasteiger partial charge in [-0.05, 0) is 111 Å². The first-order valence-corrected chi connectivity index (χ1v) is 18.3. The minimum absolute atomic E-state index is 0.148. The number of rotatable bonds is 10. The topological polar surface area (TPSA) is 109 Å². The van der Waals surface area contributed by atoms with Crippen LogP contribution >= 0.6 is 22.6 Å². The van der Waals surface area contributed by atoms with Gasteiger partial charge in [-0.3, -0.25) is 0 Å². The van der Waals surface area contributed by atoms with Gasteiger partial charge in [0.05, 0.1) is 23.9 Å². The number of piperidine rings is 2. The van der Waals surface area contributed by atoms with E-state index in [0.717, 1.165) is 122 Å². The maximum atomic E-state index is 11.3. The maximum Gasteiger partial charge on any atom is 0.405 e. The summed E-state index contributed by atoms with van der Waals surface area (Å²) in [6, 6.07) is 17.3. The Labute approximate surface area is 290 Å². The molecule has 1 aliphatic carbocycles. The average Bonchev–Trinajstić information content (AvgIpc) is 3.91. The number of aromatic nitrogens is 2. The van der Waals surface area contributed by atoms with Gasteiger partial charge in [-0.15, -0.1) is 0 Å². The van der Waals surface area contributed by atoms with Crippen molar-refractivity contribution in [1.82, 2.24) is 20.2 Å². The van der Waals surface area contributed by atoms with Crippen LogP contribution in [0.2, 0.25) is 0 Å². The summed E-state index contributed by atoms with van der Waals surface area (Å²) < 4.78 is 20.8. The molecule has 4 fully saturated rings. The predicted octanol–water partition coefficient (Wildman–Crippen LogP) is 6.29. The summed E-state index contributed by atoms with van der Waals surface area (Å²) in [5.41, 5.74) is 1.51. The molecule has 2 unspecified atom stereocenters. The first-order valence-electron chi connectivity index (χ1n) is 17.2. The van der Waals surface area contributed by atoms with E-state index in [1.807, 2.05) is 13.0 Å². The van der Waals surface area contributed by atoms with Gasteiger partial charge < -0.3 is 34.4 Å². The number of carboxylic acid groups (broad SMARTS) is 1. The Balaban J connectivity index is 1.19. The third-order valence-electron chi connectivity index (χ3n) is 10.3. The number of nitrogens with zero attached hydrogens (tertiary/aromatic N) is 4. The molecule has 252 valence electrons. The van der Waals surface area contributed by atoms with E-state index >= 15 is 0 Å². The fourth-order valence-corrected chi connectivity index (χ4v) is 7.90. The van der Waals surface area contributed by atoms with Crippen LogP contribution in [-0.2, 0) is 19.8 Å². The Bertz CT molecular complexity index is 1540. The number of halogens is 1. The lowest BCUT2D eigenvalue weighted by atomic mass is 9.87. The number of hydrogen-bond acceptors (Lipinski definition) is 8. The molecule has 11 heteroatoms. The van der Waals surface area contributed by atoms with Crippen molar-refractivity contribution in [2.24, 2.45) is 0 Å². The second kappa shape index (κ2) is 14.1. The van der Waals surface area contributed by atoms with E-state index in [0.29, 0.717) is 12.6 Å². The van der Waals surface area contributed by atoms with E-state index in [9.17, 15) is 9.90 Å². The van der Waals surface area contributed by atoms with Crippen molar-refractivity contribution in [3.05, 3.63) is 63.4 Å². The van der Waals surface area contributed by atoms with E-state index in [-0.39, 0.29) is 17.9 Å². The minimum atomic E-state index is -0.938. The first kappa shape index (κ1) is 32.9. The molecule has 2 N–H and O–H groups in total. The standard InChI is InChI=1S/C36H46IN5O5/c1-35(40-34(43)44)16-20-41(21-17-35)27-14-18-42(19-15-27)33-38-30-13-10-26(37)23-29(30)32(39-33)36(47-28-11-12-28,25-7-3-2-4-8-25)24-46-31-9-5-6-22-45-31/h2-4,7-8,10,13,23,27-28,31,40H,5-6,9,11-12,14-22,24H2,1H3,(H,43,44). The van der Waals surface area contributed by atoms with E-state index in [4.69, 9.17) is 24.2 Å². The molecular weight excluding hydrogens is 709 g/mol. The fraction of sp³-hybridized carbons (Fsp3) is 0.583. The molecule has 2 atom stereocenters. The summed E-state index contributed by atoms with van der Waals surface area (Å²) in [4.78, 5) is 26.8. The number of hydrogen-bond donors (Lipinski definition) is 2. The van der Waals surface area contributed by atoms with Crippen molar-refractivity contribution >= 4 is 45.5 Å². The molecule has 47 heavy (non-hydrogen) atoms. The van der Waals surface area contributed by atoms with Gasteiger partial charge in [0.15, 0.2) is 11.9 Å². The molecular formula is C36H46IN5O5. The first-order chi connectivity index (χ1) is 22.8. The Morgan fingerprint density at radius 3 is 2.49 bits per heavy atom. The molecule has 3 aliphatic heterocycles. The summed E-state index contributed by atoms with van der Waals surface area (Å²) in [5.74, 6) is 0.734. The number of amides is 1. The Morgan fingerprint density at radius 1 is 1.04 bits per heavy atom. The molecule has 10 nitrogen and oxygen atoms in total. The summed E-state index contributed by atoms with van der Waals surface area (Å²) in [7, 11) is 0. The Morgan fingerprint density at radius 2 is 1.81 bits per heavy atom. The van der Waals surface area contributed by atoms with E-state index in [2.05, 4.69) is 80.2 Å². The average molecular weight is 756 g/mol. The minimum Gasteiger partial charge on any atom is -0.465 e. The molecule has 4 aliphatic rings. The number of fused-ring (bicyclic) bond motifs is 1. The number of carbonyl (C=O) groups is 1. The summed E-state index contributed by atoms with van der Waals surface area (Å²) in [6.07, 6.45) is 7.72. The third kappa shape index (κ3) is 7.54. The summed E-state index contributed by atoms with van der Waals surface area (Å²) >= 11 is 2.37. The molecule has 3 saturated heterocycles. The second-order valence-electron chi connectivity index (χ2n) is 13.9. The van der Waals surface area contributed by atoms with Gasteiger partial charge in [0.25, 0.3) is 0 Å². The SMILES string of the molecule is CC1(NC(=O)O)CCN(C2CCN(c3nc(C(COC4CCCCO4)(OC4CC4)c4ccccc4)c4cc(I)ccc4n3)CC2)CC1. The third-order valence-corrected chi connectivity index (χ3v) is 11.0. The molecule has 4 heterocycles. The summed E-state index contributed by atoms with van der Waals surface area (Å²) in [6.45, 7) is 6.56. The zero-order chi connectivity index (χ0) is 32.4. The normalized spacial score (nSPS) is 23.8. The number of ether oxygens (including phenoxy) is 3. The smallest absolute Gasteiger partial charge is 0.405 e.